The summed E-state index contributed by atoms with van der Waals surface area (Å²) in [4.78, 5) is 27.6. The Balaban J connectivity index is 1.78. The molecule has 176 valence electrons. The van der Waals surface area contributed by atoms with Gasteiger partial charge >= 0.3 is 11.8 Å². The zero-order valence-electron chi connectivity index (χ0n) is 19.6. The molecule has 0 aromatic heterocycles. The van der Waals surface area contributed by atoms with Crippen LogP contribution < -0.4 is 9.47 Å². The van der Waals surface area contributed by atoms with E-state index in [1.165, 1.54) is 0 Å². The highest BCUT2D eigenvalue weighted by atomic mass is 16.7. The molecule has 0 amide bonds. The second-order valence-electron chi connectivity index (χ2n) is 8.20. The summed E-state index contributed by atoms with van der Waals surface area (Å²) in [6.07, 6.45) is 0. The average Bonchev–Trinajstić information content (AvgIpc) is 2.90. The molecule has 0 heterocycles. The number of aryl methyl sites for hydroxylation is 2. The first-order chi connectivity index (χ1) is 17.0. The molecule has 0 saturated carbocycles. The molecule has 5 nitrogen and oxygen atoms in total. The first kappa shape index (κ1) is 23.8. The Labute approximate surface area is 204 Å². The molecule has 35 heavy (non-hydrogen) atoms. The van der Waals surface area contributed by atoms with Crippen molar-refractivity contribution in [1.29, 1.82) is 0 Å². The van der Waals surface area contributed by atoms with E-state index in [4.69, 9.17) is 14.2 Å². The smallest absolute Gasteiger partial charge is 0.418 e. The summed E-state index contributed by atoms with van der Waals surface area (Å²) in [5.74, 6) is -3.43. The van der Waals surface area contributed by atoms with Crippen molar-refractivity contribution in [2.24, 2.45) is 0 Å². The van der Waals surface area contributed by atoms with Crippen molar-refractivity contribution in [2.45, 2.75) is 26.2 Å². The van der Waals surface area contributed by atoms with Gasteiger partial charge in [0, 0.05) is 5.56 Å². The number of rotatable bonds is 9. The highest BCUT2D eigenvalue weighted by molar-refractivity contribution is 6.14. The van der Waals surface area contributed by atoms with Gasteiger partial charge in [0.1, 0.15) is 18.1 Å². The van der Waals surface area contributed by atoms with Gasteiger partial charge in [-0.05, 0) is 43.7 Å². The number of ether oxygens (including phenoxy) is 3. The average molecular weight is 467 g/mol. The van der Waals surface area contributed by atoms with Crippen LogP contribution in [0.3, 0.4) is 0 Å². The Kier molecular flexibility index (Phi) is 7.27. The van der Waals surface area contributed by atoms with Gasteiger partial charge in [-0.1, -0.05) is 96.1 Å². The minimum absolute atomic E-state index is 0.0436. The predicted molar refractivity (Wildman–Crippen MR) is 133 cm³/mol. The Bertz CT molecular complexity index is 1220. The molecule has 4 rings (SSSR count). The van der Waals surface area contributed by atoms with Crippen LogP contribution in [0, 0.1) is 13.8 Å². The van der Waals surface area contributed by atoms with Crippen LogP contribution in [0.4, 0.5) is 0 Å². The van der Waals surface area contributed by atoms with Gasteiger partial charge in [0.2, 0.25) is 0 Å². The molecule has 5 heteroatoms. The van der Waals surface area contributed by atoms with Gasteiger partial charge in [-0.3, -0.25) is 4.79 Å². The summed E-state index contributed by atoms with van der Waals surface area (Å²) in [7, 11) is 0. The van der Waals surface area contributed by atoms with Gasteiger partial charge in [0.25, 0.3) is 5.78 Å². The van der Waals surface area contributed by atoms with Crippen molar-refractivity contribution in [1.82, 2.24) is 0 Å². The van der Waals surface area contributed by atoms with Crippen LogP contribution in [0.25, 0.3) is 0 Å². The molecule has 0 spiro atoms. The number of carbonyl (C=O) groups excluding carboxylic acids is 2. The normalized spacial score (nSPS) is 10.9. The highest BCUT2D eigenvalue weighted by Crippen LogP contribution is 2.29. The third-order valence-corrected chi connectivity index (χ3v) is 5.38. The van der Waals surface area contributed by atoms with Gasteiger partial charge in [-0.2, -0.15) is 0 Å². The lowest BCUT2D eigenvalue weighted by atomic mass is 10.0. The molecule has 4 aromatic carbocycles. The molecule has 0 unspecified atom stereocenters. The van der Waals surface area contributed by atoms with E-state index >= 15 is 0 Å². The molecule has 0 N–H and O–H groups in total. The maximum Gasteiger partial charge on any atom is 0.418 e. The fourth-order valence-corrected chi connectivity index (χ4v) is 3.43. The Morgan fingerprint density at radius 2 is 1.09 bits per heavy atom. The van der Waals surface area contributed by atoms with Gasteiger partial charge in [0.15, 0.2) is 0 Å². The molecule has 0 bridgehead atoms. The Morgan fingerprint density at radius 3 is 1.57 bits per heavy atom. The molecular weight excluding hydrogens is 440 g/mol. The van der Waals surface area contributed by atoms with Crippen molar-refractivity contribution < 1.29 is 23.8 Å². The lowest BCUT2D eigenvalue weighted by Gasteiger charge is -2.31. The molecule has 0 aliphatic heterocycles. The maximum atomic E-state index is 13.9. The van der Waals surface area contributed by atoms with Crippen molar-refractivity contribution in [2.75, 3.05) is 0 Å². The lowest BCUT2D eigenvalue weighted by Crippen LogP contribution is -2.57. The van der Waals surface area contributed by atoms with E-state index in [1.54, 1.807) is 54.6 Å². The Hall–Kier alpha value is -4.38. The van der Waals surface area contributed by atoms with Crippen LogP contribution in [0.1, 0.15) is 27.0 Å². The third-order valence-electron chi connectivity index (χ3n) is 5.38. The third kappa shape index (κ3) is 5.76. The number of carbonyl (C=O) groups is 2. The molecule has 0 saturated heterocycles. The van der Waals surface area contributed by atoms with E-state index < -0.39 is 17.5 Å². The molecule has 0 aliphatic rings. The molecular formula is C30H26O5. The predicted octanol–water partition coefficient (Wildman–Crippen LogP) is 6.08. The fraction of sp³-hybridized carbons (Fsp3) is 0.133. The zero-order chi connectivity index (χ0) is 24.7. The van der Waals surface area contributed by atoms with Crippen molar-refractivity contribution in [3.63, 3.8) is 0 Å². The van der Waals surface area contributed by atoms with Gasteiger partial charge in [-0.15, -0.1) is 0 Å². The topological polar surface area (TPSA) is 61.8 Å². The van der Waals surface area contributed by atoms with E-state index in [2.05, 4.69) is 0 Å². The summed E-state index contributed by atoms with van der Waals surface area (Å²) >= 11 is 0. The summed E-state index contributed by atoms with van der Waals surface area (Å²) in [5.41, 5.74) is 3.03. The first-order valence-corrected chi connectivity index (χ1v) is 11.3. The second-order valence-corrected chi connectivity index (χ2v) is 8.20. The van der Waals surface area contributed by atoms with Crippen molar-refractivity contribution >= 4 is 11.8 Å². The van der Waals surface area contributed by atoms with Crippen molar-refractivity contribution in [3.05, 3.63) is 131 Å². The number of ketones is 1. The molecule has 4 aromatic rings. The molecule has 0 radical (unpaired) electrons. The largest absolute Gasteiger partial charge is 0.455 e. The standard InChI is InChI=1S/C30H26O5/c1-22-13-17-26(18-14-22)34-30(28(31)25-11-7-4-8-12-25,35-27-19-15-23(2)16-20-27)29(32)33-21-24-9-5-3-6-10-24/h3-20H,21H2,1-2H3. The van der Waals surface area contributed by atoms with Crippen molar-refractivity contribution in [3.8, 4) is 11.5 Å². The minimum atomic E-state index is -2.40. The van der Waals surface area contributed by atoms with Crippen LogP contribution >= 0.6 is 0 Å². The summed E-state index contributed by atoms with van der Waals surface area (Å²) in [6.45, 7) is 3.82. The molecule has 0 atom stereocenters. The fourth-order valence-electron chi connectivity index (χ4n) is 3.43. The zero-order valence-corrected chi connectivity index (χ0v) is 19.6. The number of hydrogen-bond acceptors (Lipinski definition) is 5. The van der Waals surface area contributed by atoms with E-state index in [9.17, 15) is 9.59 Å². The SMILES string of the molecule is Cc1ccc(OC(Oc2ccc(C)cc2)(C(=O)OCc2ccccc2)C(=O)c2ccccc2)cc1. The highest BCUT2D eigenvalue weighted by Gasteiger charge is 2.54. The summed E-state index contributed by atoms with van der Waals surface area (Å²) in [6, 6.07) is 31.7. The quantitative estimate of drug-likeness (QED) is 0.129. The number of hydrogen-bond donors (Lipinski definition) is 0. The molecule has 0 fully saturated rings. The van der Waals surface area contributed by atoms with Gasteiger partial charge < -0.3 is 14.2 Å². The summed E-state index contributed by atoms with van der Waals surface area (Å²) < 4.78 is 17.8. The first-order valence-electron chi connectivity index (χ1n) is 11.3. The maximum absolute atomic E-state index is 13.9. The van der Waals surface area contributed by atoms with Gasteiger partial charge in [0.05, 0.1) is 0 Å². The monoisotopic (exact) mass is 466 g/mol. The van der Waals surface area contributed by atoms with Crippen LogP contribution in [0.5, 0.6) is 11.5 Å². The lowest BCUT2D eigenvalue weighted by molar-refractivity contribution is -0.181. The van der Waals surface area contributed by atoms with E-state index in [0.717, 1.165) is 16.7 Å². The molecule has 0 aliphatic carbocycles. The van der Waals surface area contributed by atoms with Crippen LogP contribution in [-0.2, 0) is 16.1 Å². The van der Waals surface area contributed by atoms with Gasteiger partial charge in [-0.25, -0.2) is 4.79 Å². The van der Waals surface area contributed by atoms with E-state index in [-0.39, 0.29) is 12.2 Å². The van der Waals surface area contributed by atoms with E-state index in [0.29, 0.717) is 11.5 Å². The Morgan fingerprint density at radius 1 is 0.629 bits per heavy atom. The van der Waals surface area contributed by atoms with Crippen LogP contribution in [-0.4, -0.2) is 17.5 Å². The summed E-state index contributed by atoms with van der Waals surface area (Å²) in [5, 5.41) is 0. The van der Waals surface area contributed by atoms with Crippen LogP contribution in [0.2, 0.25) is 0 Å². The van der Waals surface area contributed by atoms with Crippen LogP contribution in [0.15, 0.2) is 109 Å². The number of esters is 1. The van der Waals surface area contributed by atoms with E-state index in [1.807, 2.05) is 68.4 Å². The minimum Gasteiger partial charge on any atom is -0.455 e. The number of Topliss-reactive ketones (excluding diaryl/α,β-unsaturated/α-hetero) is 1. The number of benzene rings is 4. The second kappa shape index (κ2) is 10.7.